The number of amides is 1. The number of nitro groups is 1. The second kappa shape index (κ2) is 7.67. The lowest BCUT2D eigenvalue weighted by molar-refractivity contribution is -0.907. The number of hydrogen-bond donors (Lipinski definition) is 2. The molecule has 6 nitrogen and oxygen atoms in total. The highest BCUT2D eigenvalue weighted by Crippen LogP contribution is 2.23. The molecule has 8 heteroatoms. The lowest BCUT2D eigenvalue weighted by atomic mass is 10.2. The number of para-hydroxylation sites is 2. The van der Waals surface area contributed by atoms with Crippen LogP contribution in [-0.4, -0.2) is 23.9 Å². The Morgan fingerprint density at radius 1 is 1.39 bits per heavy atom. The molecule has 1 unspecified atom stereocenters. The third-order valence-corrected chi connectivity index (χ3v) is 5.20. The van der Waals surface area contributed by atoms with Gasteiger partial charge in [0.15, 0.2) is 6.04 Å². The van der Waals surface area contributed by atoms with Gasteiger partial charge in [0.05, 0.1) is 20.6 Å². The van der Waals surface area contributed by atoms with Gasteiger partial charge in [-0.2, -0.15) is 0 Å². The van der Waals surface area contributed by atoms with Crippen LogP contribution in [0.2, 0.25) is 0 Å². The van der Waals surface area contributed by atoms with Crippen LogP contribution >= 0.6 is 27.3 Å². The maximum atomic E-state index is 12.4. The number of anilines is 1. The zero-order valence-corrected chi connectivity index (χ0v) is 15.1. The van der Waals surface area contributed by atoms with E-state index in [9.17, 15) is 14.9 Å². The smallest absolute Gasteiger partial charge is 0.292 e. The monoisotopic (exact) mass is 398 g/mol. The molecule has 23 heavy (non-hydrogen) atoms. The van der Waals surface area contributed by atoms with Gasteiger partial charge in [0.2, 0.25) is 0 Å². The van der Waals surface area contributed by atoms with Crippen LogP contribution in [0.4, 0.5) is 11.4 Å². The molecule has 2 aromatic rings. The number of nitrogens with zero attached hydrogens (tertiary/aromatic N) is 1. The van der Waals surface area contributed by atoms with Crippen LogP contribution in [0.15, 0.2) is 40.2 Å². The average Bonchev–Trinajstić information content (AvgIpc) is 2.91. The number of hydrogen-bond acceptors (Lipinski definition) is 4. The van der Waals surface area contributed by atoms with Crippen LogP contribution in [0.1, 0.15) is 11.8 Å². The second-order valence-corrected chi connectivity index (χ2v) is 7.76. The number of carbonyl (C=O) groups is 1. The van der Waals surface area contributed by atoms with Gasteiger partial charge in [-0.15, -0.1) is 11.3 Å². The van der Waals surface area contributed by atoms with Crippen molar-refractivity contribution in [2.24, 2.45) is 0 Å². The van der Waals surface area contributed by atoms with Gasteiger partial charge >= 0.3 is 0 Å². The Balaban J connectivity index is 2.03. The molecule has 0 spiro atoms. The summed E-state index contributed by atoms with van der Waals surface area (Å²) in [4.78, 5) is 25.0. The minimum absolute atomic E-state index is 0.104. The first-order valence-corrected chi connectivity index (χ1v) is 8.60. The van der Waals surface area contributed by atoms with Gasteiger partial charge in [0.1, 0.15) is 12.2 Å². The molecule has 2 rings (SSSR count). The third-order valence-electron chi connectivity index (χ3n) is 3.57. The van der Waals surface area contributed by atoms with E-state index in [1.807, 2.05) is 26.1 Å². The number of nitrogens with one attached hydrogen (secondary N) is 2. The largest absolute Gasteiger partial charge is 0.323 e. The van der Waals surface area contributed by atoms with Crippen LogP contribution in [0, 0.1) is 10.1 Å². The standard InChI is InChI=1S/C15H16BrN3O3S/c1-10(18(2)9-11-7-8-14(16)23-11)15(20)17-12-5-3-4-6-13(12)19(21)22/h3-8,10H,9H2,1-2H3,(H,17,20)/p+1/t10-/m0/s1. The fourth-order valence-electron chi connectivity index (χ4n) is 2.08. The van der Waals surface area contributed by atoms with Gasteiger partial charge in [-0.3, -0.25) is 14.9 Å². The van der Waals surface area contributed by atoms with Crippen molar-refractivity contribution in [1.82, 2.24) is 0 Å². The van der Waals surface area contributed by atoms with Gasteiger partial charge in [0, 0.05) is 6.07 Å². The molecular formula is C15H17BrN3O3S+. The van der Waals surface area contributed by atoms with Crippen molar-refractivity contribution in [2.45, 2.75) is 19.5 Å². The maximum Gasteiger partial charge on any atom is 0.292 e. The number of rotatable bonds is 6. The molecule has 1 heterocycles. The molecule has 0 bridgehead atoms. The molecule has 0 radical (unpaired) electrons. The van der Waals surface area contributed by atoms with E-state index >= 15 is 0 Å². The summed E-state index contributed by atoms with van der Waals surface area (Å²) in [7, 11) is 1.93. The number of benzene rings is 1. The van der Waals surface area contributed by atoms with Gasteiger partial charge < -0.3 is 10.2 Å². The fraction of sp³-hybridized carbons (Fsp3) is 0.267. The van der Waals surface area contributed by atoms with Crippen molar-refractivity contribution in [2.75, 3.05) is 12.4 Å². The van der Waals surface area contributed by atoms with Crippen LogP contribution < -0.4 is 10.2 Å². The van der Waals surface area contributed by atoms with Crippen LogP contribution in [0.5, 0.6) is 0 Å². The fourth-order valence-corrected chi connectivity index (χ4v) is 3.66. The molecule has 0 saturated carbocycles. The minimum Gasteiger partial charge on any atom is -0.323 e. The normalized spacial score (nSPS) is 13.3. The zero-order valence-electron chi connectivity index (χ0n) is 12.7. The number of likely N-dealkylation sites (N-methyl/N-ethyl adjacent to an activating group) is 1. The van der Waals surface area contributed by atoms with Crippen molar-refractivity contribution < 1.29 is 14.6 Å². The summed E-state index contributed by atoms with van der Waals surface area (Å²) >= 11 is 5.05. The molecule has 0 aliphatic rings. The summed E-state index contributed by atoms with van der Waals surface area (Å²) in [5.74, 6) is -0.243. The molecule has 1 amide bonds. The Morgan fingerprint density at radius 2 is 2.09 bits per heavy atom. The third kappa shape index (κ3) is 4.60. The molecular weight excluding hydrogens is 382 g/mol. The Labute approximate surface area is 146 Å². The van der Waals surface area contributed by atoms with E-state index < -0.39 is 4.92 Å². The van der Waals surface area contributed by atoms with Crippen molar-refractivity contribution in [3.63, 3.8) is 0 Å². The highest BCUT2D eigenvalue weighted by molar-refractivity contribution is 9.11. The van der Waals surface area contributed by atoms with E-state index in [1.54, 1.807) is 23.5 Å². The van der Waals surface area contributed by atoms with Crippen LogP contribution in [0.25, 0.3) is 0 Å². The summed E-state index contributed by atoms with van der Waals surface area (Å²) in [6, 6.07) is 9.80. The van der Waals surface area contributed by atoms with Crippen LogP contribution in [0.3, 0.4) is 0 Å². The summed E-state index contributed by atoms with van der Waals surface area (Å²) in [6.45, 7) is 2.52. The maximum absolute atomic E-state index is 12.4. The molecule has 1 aromatic heterocycles. The summed E-state index contributed by atoms with van der Waals surface area (Å²) in [5.41, 5.74) is 0.119. The second-order valence-electron chi connectivity index (χ2n) is 5.21. The highest BCUT2D eigenvalue weighted by atomic mass is 79.9. The number of halogens is 1. The highest BCUT2D eigenvalue weighted by Gasteiger charge is 2.24. The molecule has 2 N–H and O–H groups in total. The average molecular weight is 399 g/mol. The lowest BCUT2D eigenvalue weighted by Gasteiger charge is -2.20. The molecule has 0 aliphatic carbocycles. The van der Waals surface area contributed by atoms with Gasteiger partial charge in [0.25, 0.3) is 11.6 Å². The molecule has 0 aliphatic heterocycles. The van der Waals surface area contributed by atoms with E-state index in [-0.39, 0.29) is 23.3 Å². The van der Waals surface area contributed by atoms with Crippen molar-refractivity contribution >= 4 is 44.5 Å². The number of quaternary nitrogens is 1. The van der Waals surface area contributed by atoms with E-state index in [4.69, 9.17) is 0 Å². The Kier molecular flexibility index (Phi) is 5.86. The Hall–Kier alpha value is -1.77. The van der Waals surface area contributed by atoms with Gasteiger partial charge in [-0.05, 0) is 41.1 Å². The predicted molar refractivity (Wildman–Crippen MR) is 93.8 cm³/mol. The van der Waals surface area contributed by atoms with Crippen molar-refractivity contribution in [3.05, 3.63) is 55.2 Å². The minimum atomic E-state index is -0.500. The quantitative estimate of drug-likeness (QED) is 0.579. The van der Waals surface area contributed by atoms with E-state index in [1.165, 1.54) is 17.0 Å². The van der Waals surface area contributed by atoms with Gasteiger partial charge in [-0.25, -0.2) is 0 Å². The lowest BCUT2D eigenvalue weighted by Crippen LogP contribution is -3.12. The van der Waals surface area contributed by atoms with Crippen molar-refractivity contribution in [1.29, 1.82) is 0 Å². The Morgan fingerprint density at radius 3 is 2.70 bits per heavy atom. The Bertz CT molecular complexity index is 719. The summed E-state index contributed by atoms with van der Waals surface area (Å²) in [6.07, 6.45) is 0. The van der Waals surface area contributed by atoms with E-state index in [2.05, 4.69) is 21.2 Å². The van der Waals surface area contributed by atoms with Crippen LogP contribution in [-0.2, 0) is 11.3 Å². The number of nitro benzene ring substituents is 1. The number of carbonyl (C=O) groups excluding carboxylic acids is 1. The predicted octanol–water partition coefficient (Wildman–Crippen LogP) is 2.46. The molecule has 122 valence electrons. The number of thiophene rings is 1. The summed E-state index contributed by atoms with van der Waals surface area (Å²) in [5, 5.41) is 13.7. The summed E-state index contributed by atoms with van der Waals surface area (Å²) < 4.78 is 1.05. The van der Waals surface area contributed by atoms with E-state index in [0.717, 1.165) is 8.69 Å². The topological polar surface area (TPSA) is 76.7 Å². The molecule has 0 saturated heterocycles. The first-order chi connectivity index (χ1) is 10.9. The molecule has 2 atom stereocenters. The van der Waals surface area contributed by atoms with Gasteiger partial charge in [-0.1, -0.05) is 12.1 Å². The first kappa shape index (κ1) is 17.6. The molecule has 0 fully saturated rings. The van der Waals surface area contributed by atoms with E-state index in [0.29, 0.717) is 6.54 Å². The molecule has 1 aromatic carbocycles. The first-order valence-electron chi connectivity index (χ1n) is 6.99. The SMILES string of the molecule is C[C@@H](C(=O)Nc1ccccc1[N+](=O)[O-])[NH+](C)Cc1ccc(Br)s1. The van der Waals surface area contributed by atoms with Crippen molar-refractivity contribution in [3.8, 4) is 0 Å². The zero-order chi connectivity index (χ0) is 17.0.